The van der Waals surface area contributed by atoms with Crippen LogP contribution in [0.4, 0.5) is 8.78 Å². The maximum atomic E-state index is 13.6. The third-order valence-corrected chi connectivity index (χ3v) is 2.82. The van der Waals surface area contributed by atoms with Crippen molar-refractivity contribution < 1.29 is 13.5 Å². The summed E-state index contributed by atoms with van der Waals surface area (Å²) in [6.07, 6.45) is 0. The number of amidine groups is 1. The summed E-state index contributed by atoms with van der Waals surface area (Å²) in [5.74, 6) is -1.31. The highest BCUT2D eigenvalue weighted by Crippen LogP contribution is 2.30. The number of benzene rings is 1. The highest BCUT2D eigenvalue weighted by atomic mass is 79.9. The molecule has 0 radical (unpaired) electrons. The molecule has 3 nitrogen and oxygen atoms in total. The lowest BCUT2D eigenvalue weighted by Gasteiger charge is -2.08. The van der Waals surface area contributed by atoms with Gasteiger partial charge in [0.25, 0.3) is 6.02 Å². The average Bonchev–Trinajstić information content (AvgIpc) is 2.61. The van der Waals surface area contributed by atoms with Crippen LogP contribution in [0.15, 0.2) is 21.6 Å². The molecule has 0 aliphatic carbocycles. The van der Waals surface area contributed by atoms with Crippen LogP contribution in [-0.2, 0) is 4.74 Å². The van der Waals surface area contributed by atoms with Crippen LogP contribution >= 0.6 is 15.9 Å². The number of hydrogen-bond acceptors (Lipinski definition) is 3. The zero-order valence-corrected chi connectivity index (χ0v) is 9.09. The Balaban J connectivity index is 2.42. The molecule has 2 rings (SSSR count). The first-order valence-electron chi connectivity index (χ1n) is 4.19. The SMILES string of the molecule is NC1=N[C@@H](c2ccc(F)c(Br)c2F)CO1. The minimum atomic E-state index is -0.665. The summed E-state index contributed by atoms with van der Waals surface area (Å²) in [4.78, 5) is 3.88. The Morgan fingerprint density at radius 2 is 2.20 bits per heavy atom. The second-order valence-electron chi connectivity index (χ2n) is 3.06. The minimum absolute atomic E-state index is 0.0276. The summed E-state index contributed by atoms with van der Waals surface area (Å²) in [5.41, 5.74) is 5.57. The molecule has 0 aromatic heterocycles. The molecule has 0 saturated carbocycles. The van der Waals surface area contributed by atoms with Gasteiger partial charge in [-0.15, -0.1) is 0 Å². The topological polar surface area (TPSA) is 47.6 Å². The summed E-state index contributed by atoms with van der Waals surface area (Å²) in [7, 11) is 0. The van der Waals surface area contributed by atoms with Crippen molar-refractivity contribution in [3.8, 4) is 0 Å². The van der Waals surface area contributed by atoms with E-state index in [1.54, 1.807) is 0 Å². The summed E-state index contributed by atoms with van der Waals surface area (Å²) in [6, 6.07) is 2.04. The second-order valence-corrected chi connectivity index (χ2v) is 3.85. The van der Waals surface area contributed by atoms with Gasteiger partial charge in [0, 0.05) is 5.56 Å². The first kappa shape index (κ1) is 10.4. The fraction of sp³-hybridized carbons (Fsp3) is 0.222. The number of aliphatic imine (C=N–C) groups is 1. The first-order valence-corrected chi connectivity index (χ1v) is 4.98. The second kappa shape index (κ2) is 3.77. The van der Waals surface area contributed by atoms with Crippen LogP contribution in [-0.4, -0.2) is 12.6 Å². The van der Waals surface area contributed by atoms with Gasteiger partial charge in [0.2, 0.25) is 0 Å². The number of hydrogen-bond donors (Lipinski definition) is 1. The van der Waals surface area contributed by atoms with Gasteiger partial charge in [-0.1, -0.05) is 6.07 Å². The van der Waals surface area contributed by atoms with E-state index in [1.165, 1.54) is 12.1 Å². The van der Waals surface area contributed by atoms with Crippen molar-refractivity contribution in [1.82, 2.24) is 0 Å². The van der Waals surface area contributed by atoms with Crippen molar-refractivity contribution in [2.45, 2.75) is 6.04 Å². The van der Waals surface area contributed by atoms with E-state index in [0.29, 0.717) is 0 Å². The van der Waals surface area contributed by atoms with Crippen LogP contribution in [0.25, 0.3) is 0 Å². The molecular weight excluding hydrogens is 270 g/mol. The van der Waals surface area contributed by atoms with E-state index in [4.69, 9.17) is 10.5 Å². The van der Waals surface area contributed by atoms with Crippen molar-refractivity contribution in [2.75, 3.05) is 6.61 Å². The molecule has 1 atom stereocenters. The molecule has 1 aromatic carbocycles. The monoisotopic (exact) mass is 276 g/mol. The van der Waals surface area contributed by atoms with Crippen LogP contribution in [0.5, 0.6) is 0 Å². The van der Waals surface area contributed by atoms with Crippen LogP contribution in [0.3, 0.4) is 0 Å². The molecular formula is C9H7BrF2N2O. The lowest BCUT2D eigenvalue weighted by Crippen LogP contribution is -2.10. The molecule has 0 spiro atoms. The van der Waals surface area contributed by atoms with Gasteiger partial charge in [0.05, 0.1) is 4.47 Å². The largest absolute Gasteiger partial charge is 0.463 e. The fourth-order valence-corrected chi connectivity index (χ4v) is 1.71. The Kier molecular flexibility index (Phi) is 2.60. The van der Waals surface area contributed by atoms with E-state index in [2.05, 4.69) is 20.9 Å². The highest BCUT2D eigenvalue weighted by Gasteiger charge is 2.24. The van der Waals surface area contributed by atoms with Crippen molar-refractivity contribution >= 4 is 22.0 Å². The van der Waals surface area contributed by atoms with Crippen LogP contribution < -0.4 is 5.73 Å². The smallest absolute Gasteiger partial charge is 0.282 e. The fourth-order valence-electron chi connectivity index (χ4n) is 1.35. The van der Waals surface area contributed by atoms with Crippen LogP contribution in [0, 0.1) is 11.6 Å². The van der Waals surface area contributed by atoms with Crippen molar-refractivity contribution in [2.24, 2.45) is 10.7 Å². The molecule has 1 aromatic rings. The molecule has 2 N–H and O–H groups in total. The minimum Gasteiger partial charge on any atom is -0.463 e. The third-order valence-electron chi connectivity index (χ3n) is 2.10. The maximum Gasteiger partial charge on any atom is 0.282 e. The number of nitrogens with zero attached hydrogens (tertiary/aromatic N) is 1. The number of nitrogens with two attached hydrogens (primary N) is 1. The van der Waals surface area contributed by atoms with Gasteiger partial charge in [-0.25, -0.2) is 13.8 Å². The van der Waals surface area contributed by atoms with Gasteiger partial charge in [0.15, 0.2) is 0 Å². The third kappa shape index (κ3) is 1.81. The normalized spacial score (nSPS) is 19.9. The Bertz CT molecular complexity index is 436. The first-order chi connectivity index (χ1) is 7.09. The Labute approximate surface area is 93.1 Å². The summed E-state index contributed by atoms with van der Waals surface area (Å²) < 4.78 is 31.2. The van der Waals surface area contributed by atoms with E-state index in [-0.39, 0.29) is 22.7 Å². The summed E-state index contributed by atoms with van der Waals surface area (Å²) in [6.45, 7) is 0.181. The lowest BCUT2D eigenvalue weighted by molar-refractivity contribution is 0.312. The van der Waals surface area contributed by atoms with Crippen molar-refractivity contribution in [3.63, 3.8) is 0 Å². The summed E-state index contributed by atoms with van der Waals surface area (Å²) in [5, 5.41) is 0. The predicted molar refractivity (Wildman–Crippen MR) is 54.4 cm³/mol. The highest BCUT2D eigenvalue weighted by molar-refractivity contribution is 9.10. The molecule has 0 unspecified atom stereocenters. The molecule has 15 heavy (non-hydrogen) atoms. The Morgan fingerprint density at radius 1 is 1.47 bits per heavy atom. The molecule has 0 fully saturated rings. The van der Waals surface area contributed by atoms with Crippen LogP contribution in [0.2, 0.25) is 0 Å². The van der Waals surface area contributed by atoms with Gasteiger partial charge in [-0.05, 0) is 22.0 Å². The molecule has 0 saturated heterocycles. The molecule has 6 heteroatoms. The zero-order valence-electron chi connectivity index (χ0n) is 7.51. The van der Waals surface area contributed by atoms with Crippen LogP contribution in [0.1, 0.15) is 11.6 Å². The van der Waals surface area contributed by atoms with Gasteiger partial charge in [0.1, 0.15) is 24.3 Å². The number of rotatable bonds is 1. The van der Waals surface area contributed by atoms with Gasteiger partial charge in [-0.3, -0.25) is 0 Å². The Morgan fingerprint density at radius 3 is 2.80 bits per heavy atom. The van der Waals surface area contributed by atoms with E-state index in [9.17, 15) is 8.78 Å². The van der Waals surface area contributed by atoms with Gasteiger partial charge >= 0.3 is 0 Å². The maximum absolute atomic E-state index is 13.6. The van der Waals surface area contributed by atoms with Gasteiger partial charge < -0.3 is 10.5 Å². The van der Waals surface area contributed by atoms with Crippen molar-refractivity contribution in [1.29, 1.82) is 0 Å². The lowest BCUT2D eigenvalue weighted by atomic mass is 10.1. The quantitative estimate of drug-likeness (QED) is 0.799. The average molecular weight is 277 g/mol. The van der Waals surface area contributed by atoms with Gasteiger partial charge in [-0.2, -0.15) is 0 Å². The molecule has 0 amide bonds. The van der Waals surface area contributed by atoms with E-state index >= 15 is 0 Å². The number of ether oxygens (including phenoxy) is 1. The van der Waals surface area contributed by atoms with Crippen molar-refractivity contribution in [3.05, 3.63) is 33.8 Å². The summed E-state index contributed by atoms with van der Waals surface area (Å²) >= 11 is 2.82. The zero-order chi connectivity index (χ0) is 11.0. The van der Waals surface area contributed by atoms with E-state index < -0.39 is 17.7 Å². The van der Waals surface area contributed by atoms with E-state index in [0.717, 1.165) is 0 Å². The molecule has 1 heterocycles. The molecule has 1 aliphatic rings. The van der Waals surface area contributed by atoms with E-state index in [1.807, 2.05) is 0 Å². The molecule has 1 aliphatic heterocycles. The standard InChI is InChI=1S/C9H7BrF2N2O/c10-7-5(11)2-1-4(8(7)12)6-3-15-9(13)14-6/h1-2,6H,3H2,(H2,13,14)/t6-/m1/s1. The number of halogens is 3. The molecule has 0 bridgehead atoms. The Hall–Kier alpha value is -1.17. The predicted octanol–water partition coefficient (Wildman–Crippen LogP) is 2.11. The molecule has 80 valence electrons.